The molecule has 4 nitrogen and oxygen atoms in total. The second-order valence-corrected chi connectivity index (χ2v) is 11.9. The van der Waals surface area contributed by atoms with E-state index in [2.05, 4.69) is 179 Å². The molecule has 0 radical (unpaired) electrons. The molecule has 46 heavy (non-hydrogen) atoms. The van der Waals surface area contributed by atoms with E-state index in [9.17, 15) is 0 Å². The summed E-state index contributed by atoms with van der Waals surface area (Å²) in [7, 11) is 0. The molecule has 4 aromatic rings. The van der Waals surface area contributed by atoms with Gasteiger partial charge in [-0.3, -0.25) is 0 Å². The van der Waals surface area contributed by atoms with Crippen LogP contribution in [0.2, 0.25) is 0 Å². The van der Waals surface area contributed by atoms with Gasteiger partial charge < -0.3 is 0 Å². The summed E-state index contributed by atoms with van der Waals surface area (Å²) in [6.07, 6.45) is 19.3. The minimum Gasteiger partial charge on any atom is -0.0766 e. The first-order valence-corrected chi connectivity index (χ1v) is 15.9. The summed E-state index contributed by atoms with van der Waals surface area (Å²) in [5, 5.41) is 10.3. The maximum atomic E-state index is 5.14. The molecule has 0 saturated carbocycles. The molecule has 4 aliphatic rings. The smallest absolute Gasteiger partial charge is 0.0766 e. The van der Waals surface area contributed by atoms with Gasteiger partial charge in [-0.25, -0.2) is 0 Å². The van der Waals surface area contributed by atoms with Gasteiger partial charge in [-0.2, -0.15) is 0 Å². The van der Waals surface area contributed by atoms with E-state index in [0.717, 1.165) is 35.7 Å². The number of benzene rings is 4. The van der Waals surface area contributed by atoms with Crippen LogP contribution in [0.15, 0.2) is 191 Å². The highest BCUT2D eigenvalue weighted by molar-refractivity contribution is 6.06. The van der Waals surface area contributed by atoms with E-state index in [0.29, 0.717) is 0 Å². The zero-order chi connectivity index (χ0) is 30.7. The molecule has 0 spiro atoms. The maximum Gasteiger partial charge on any atom is 0.232 e. The normalized spacial score (nSPS) is 20.5. The van der Waals surface area contributed by atoms with Crippen molar-refractivity contribution >= 4 is 22.8 Å². The van der Waals surface area contributed by atoms with Gasteiger partial charge in [-0.1, -0.05) is 131 Å². The maximum absolute atomic E-state index is 5.14. The highest BCUT2D eigenvalue weighted by Crippen LogP contribution is 2.32. The molecule has 0 amide bonds. The van der Waals surface area contributed by atoms with Crippen LogP contribution < -0.4 is 0 Å². The Morgan fingerprint density at radius 2 is 0.717 bits per heavy atom. The molecular weight excluding hydrogens is 560 g/mol. The highest BCUT2D eigenvalue weighted by Gasteiger charge is 2.37. The number of hydrogen-bond acceptors (Lipinski definition) is 2. The van der Waals surface area contributed by atoms with Gasteiger partial charge in [-0.15, -0.1) is 0 Å². The van der Waals surface area contributed by atoms with Crippen molar-refractivity contribution in [2.45, 2.75) is 24.9 Å². The Kier molecular flexibility index (Phi) is 7.45. The molecular formula is C42H34N4+2. The third-order valence-corrected chi connectivity index (χ3v) is 9.00. The van der Waals surface area contributed by atoms with Crippen LogP contribution in [0.25, 0.3) is 0 Å². The van der Waals surface area contributed by atoms with Crippen molar-refractivity contribution in [2.75, 3.05) is 0 Å². The predicted molar refractivity (Wildman–Crippen MR) is 188 cm³/mol. The lowest BCUT2D eigenvalue weighted by Gasteiger charge is -2.11. The molecule has 4 heteroatoms. The minimum atomic E-state index is 0.154. The molecule has 2 heterocycles. The Bertz CT molecular complexity index is 1870. The molecule has 0 saturated heterocycles. The summed E-state index contributed by atoms with van der Waals surface area (Å²) in [4.78, 5) is 0. The van der Waals surface area contributed by atoms with E-state index < -0.39 is 0 Å². The molecule has 220 valence electrons. The van der Waals surface area contributed by atoms with Crippen LogP contribution in [0.1, 0.15) is 47.2 Å². The van der Waals surface area contributed by atoms with E-state index >= 15 is 0 Å². The monoisotopic (exact) mass is 594 g/mol. The zero-order valence-electron chi connectivity index (χ0n) is 25.5. The summed E-state index contributed by atoms with van der Waals surface area (Å²) < 4.78 is 4.37. The Labute approximate surface area is 270 Å². The molecule has 2 atom stereocenters. The Hall–Kier alpha value is -5.74. The van der Waals surface area contributed by atoms with Crippen LogP contribution in [0.5, 0.6) is 0 Å². The zero-order valence-corrected chi connectivity index (χ0v) is 25.5. The summed E-state index contributed by atoms with van der Waals surface area (Å²) in [6.45, 7) is 0. The molecule has 0 N–H and O–H groups in total. The SMILES string of the molecule is C1=CC(=[N+]2N=C(c3ccccc3)C[C@H]2c2ccccc2)C=CC1=C1C=CC(=[N+]2N=C(c3ccccc3)C[C@H]2c2ccccc2)C=C1. The second-order valence-electron chi connectivity index (χ2n) is 11.9. The predicted octanol–water partition coefficient (Wildman–Crippen LogP) is 8.54. The van der Waals surface area contributed by atoms with Crippen molar-refractivity contribution in [2.24, 2.45) is 10.2 Å². The van der Waals surface area contributed by atoms with Gasteiger partial charge in [0.05, 0.1) is 12.8 Å². The average Bonchev–Trinajstić information content (AvgIpc) is 3.80. The molecule has 0 fully saturated rings. The lowest BCUT2D eigenvalue weighted by Crippen LogP contribution is -2.17. The van der Waals surface area contributed by atoms with Crippen molar-refractivity contribution in [1.82, 2.24) is 0 Å². The first-order valence-electron chi connectivity index (χ1n) is 15.9. The fraction of sp³-hybridized carbons (Fsp3) is 0.0952. The molecule has 0 bridgehead atoms. The largest absolute Gasteiger partial charge is 0.232 e. The molecule has 2 aliphatic carbocycles. The van der Waals surface area contributed by atoms with Crippen molar-refractivity contribution in [3.63, 3.8) is 0 Å². The third kappa shape index (κ3) is 5.50. The van der Waals surface area contributed by atoms with Gasteiger partial charge in [0.15, 0.2) is 0 Å². The average molecular weight is 595 g/mol. The number of hydrogen-bond donors (Lipinski definition) is 0. The molecule has 0 aromatic heterocycles. The van der Waals surface area contributed by atoms with Crippen LogP contribution >= 0.6 is 0 Å². The molecule has 2 aliphatic heterocycles. The van der Waals surface area contributed by atoms with Crippen molar-refractivity contribution in [1.29, 1.82) is 0 Å². The minimum absolute atomic E-state index is 0.154. The molecule has 8 rings (SSSR count). The third-order valence-electron chi connectivity index (χ3n) is 9.00. The fourth-order valence-corrected chi connectivity index (χ4v) is 6.59. The van der Waals surface area contributed by atoms with Crippen molar-refractivity contribution in [3.05, 3.63) is 203 Å². The number of nitrogens with zero attached hydrogens (tertiary/aromatic N) is 4. The number of allylic oxidation sites excluding steroid dienone is 10. The highest BCUT2D eigenvalue weighted by atomic mass is 15.4. The standard InChI is InChI=1S/C42H34N4/c1-5-13-33(14-6-1)39-29-41(35-17-9-3-10-18-35)45(43-39)37-25-21-31(22-26-37)32-23-27-38(28-24-32)46-42(36-19-11-4-12-20-36)30-40(44-46)34-15-7-2-8-16-34/h1-28,41-42H,29-30H2/q+2/t41-,42-/m0/s1. The molecule has 0 unspecified atom stereocenters. The van der Waals surface area contributed by atoms with Crippen LogP contribution in [0.3, 0.4) is 0 Å². The lowest BCUT2D eigenvalue weighted by atomic mass is 9.96. The second kappa shape index (κ2) is 12.3. The van der Waals surface area contributed by atoms with Gasteiger partial charge in [0, 0.05) is 46.6 Å². The van der Waals surface area contributed by atoms with Crippen LogP contribution in [-0.4, -0.2) is 32.2 Å². The van der Waals surface area contributed by atoms with Gasteiger partial charge in [0.2, 0.25) is 23.5 Å². The van der Waals surface area contributed by atoms with E-state index in [-0.39, 0.29) is 12.1 Å². The first-order chi connectivity index (χ1) is 22.8. The van der Waals surface area contributed by atoms with E-state index in [4.69, 9.17) is 10.2 Å². The number of hydrazone groups is 2. The summed E-state index contributed by atoms with van der Waals surface area (Å²) in [5.74, 6) is 0. The first kappa shape index (κ1) is 27.8. The summed E-state index contributed by atoms with van der Waals surface area (Å²) in [5.41, 5.74) is 11.6. The topological polar surface area (TPSA) is 30.7 Å². The molecule has 4 aromatic carbocycles. The Morgan fingerprint density at radius 3 is 1.07 bits per heavy atom. The van der Waals surface area contributed by atoms with Gasteiger partial charge in [0.1, 0.15) is 11.4 Å². The van der Waals surface area contributed by atoms with Gasteiger partial charge in [-0.05, 0) is 45.7 Å². The van der Waals surface area contributed by atoms with E-state index in [1.165, 1.54) is 33.4 Å². The van der Waals surface area contributed by atoms with Crippen LogP contribution in [-0.2, 0) is 0 Å². The van der Waals surface area contributed by atoms with E-state index in [1.807, 2.05) is 0 Å². The Balaban J connectivity index is 1.10. The quantitative estimate of drug-likeness (QED) is 0.212. The summed E-state index contributed by atoms with van der Waals surface area (Å²) in [6, 6.07) is 42.7. The van der Waals surface area contributed by atoms with Crippen molar-refractivity contribution in [3.8, 4) is 0 Å². The lowest BCUT2D eigenvalue weighted by molar-refractivity contribution is -0.566. The Morgan fingerprint density at radius 1 is 0.391 bits per heavy atom. The van der Waals surface area contributed by atoms with Gasteiger partial charge in [0.25, 0.3) is 0 Å². The summed E-state index contributed by atoms with van der Waals surface area (Å²) >= 11 is 0. The van der Waals surface area contributed by atoms with Gasteiger partial charge >= 0.3 is 0 Å². The van der Waals surface area contributed by atoms with Crippen molar-refractivity contribution < 1.29 is 9.37 Å². The van der Waals surface area contributed by atoms with Crippen LogP contribution in [0.4, 0.5) is 0 Å². The van der Waals surface area contributed by atoms with Crippen LogP contribution in [0, 0.1) is 0 Å². The number of rotatable bonds is 4. The fourth-order valence-electron chi connectivity index (χ4n) is 6.59. The van der Waals surface area contributed by atoms with E-state index in [1.54, 1.807) is 0 Å².